The van der Waals surface area contributed by atoms with Gasteiger partial charge >= 0.3 is 0 Å². The van der Waals surface area contributed by atoms with Gasteiger partial charge < -0.3 is 15.2 Å². The van der Waals surface area contributed by atoms with E-state index in [2.05, 4.69) is 31.3 Å². The summed E-state index contributed by atoms with van der Waals surface area (Å²) < 4.78 is 5.69. The molecule has 1 rings (SSSR count). The maximum atomic E-state index is 9.19. The van der Waals surface area contributed by atoms with Crippen LogP contribution in [0.1, 0.15) is 39.7 Å². The number of aliphatic hydroxyl groups excluding tert-OH is 1. The molecule has 0 amide bonds. The van der Waals surface area contributed by atoms with Crippen molar-refractivity contribution in [1.29, 1.82) is 0 Å². The Balaban J connectivity index is 2.31. The van der Waals surface area contributed by atoms with E-state index in [-0.39, 0.29) is 12.0 Å². The van der Waals surface area contributed by atoms with Gasteiger partial charge in [-0.25, -0.2) is 0 Å². The molecule has 0 saturated heterocycles. The molecule has 1 aromatic rings. The van der Waals surface area contributed by atoms with Gasteiger partial charge in [0.25, 0.3) is 0 Å². The summed E-state index contributed by atoms with van der Waals surface area (Å²) in [5.74, 6) is 1.61. The van der Waals surface area contributed by atoms with Crippen LogP contribution in [0.15, 0.2) is 24.3 Å². The van der Waals surface area contributed by atoms with Crippen molar-refractivity contribution in [3.63, 3.8) is 0 Å². The minimum absolute atomic E-state index is 0.0695. The highest BCUT2D eigenvalue weighted by atomic mass is 16.5. The molecule has 3 nitrogen and oxygen atoms in total. The van der Waals surface area contributed by atoms with E-state index in [1.165, 1.54) is 5.56 Å². The van der Waals surface area contributed by atoms with E-state index in [0.717, 1.165) is 31.9 Å². The molecule has 0 fully saturated rings. The van der Waals surface area contributed by atoms with Crippen molar-refractivity contribution in [2.24, 2.45) is 11.3 Å². The lowest BCUT2D eigenvalue weighted by Crippen LogP contribution is -2.31. The maximum Gasteiger partial charge on any atom is 0.119 e. The van der Waals surface area contributed by atoms with Crippen LogP contribution in [0.3, 0.4) is 0 Å². The molecule has 0 aliphatic heterocycles. The predicted octanol–water partition coefficient (Wildman–Crippen LogP) is 3.22. The Morgan fingerprint density at radius 3 is 2.40 bits per heavy atom. The Kier molecular flexibility index (Phi) is 7.03. The molecule has 0 spiro atoms. The molecule has 0 heterocycles. The number of nitrogens with one attached hydrogen (secondary N) is 1. The first kappa shape index (κ1) is 17.0. The van der Waals surface area contributed by atoms with Crippen molar-refractivity contribution in [1.82, 2.24) is 5.32 Å². The third kappa shape index (κ3) is 6.92. The first-order valence-corrected chi connectivity index (χ1v) is 7.46. The second kappa shape index (κ2) is 8.28. The van der Waals surface area contributed by atoms with E-state index in [0.29, 0.717) is 5.92 Å². The van der Waals surface area contributed by atoms with Crippen LogP contribution in [0.25, 0.3) is 0 Å². The average Bonchev–Trinajstić information content (AvgIpc) is 2.40. The summed E-state index contributed by atoms with van der Waals surface area (Å²) in [6.45, 7) is 11.1. The molecule has 3 heteroatoms. The van der Waals surface area contributed by atoms with Crippen LogP contribution < -0.4 is 10.1 Å². The van der Waals surface area contributed by atoms with Gasteiger partial charge in [-0.15, -0.1) is 0 Å². The van der Waals surface area contributed by atoms with Gasteiger partial charge in [-0.2, -0.15) is 0 Å². The predicted molar refractivity (Wildman–Crippen MR) is 84.0 cm³/mol. The fraction of sp³-hybridized carbons (Fsp3) is 0.647. The van der Waals surface area contributed by atoms with Gasteiger partial charge in [-0.3, -0.25) is 0 Å². The Morgan fingerprint density at radius 1 is 1.20 bits per heavy atom. The second-order valence-corrected chi connectivity index (χ2v) is 6.60. The molecule has 0 saturated carbocycles. The Labute approximate surface area is 123 Å². The molecule has 0 bridgehead atoms. The fourth-order valence-electron chi connectivity index (χ4n) is 1.72. The van der Waals surface area contributed by atoms with Gasteiger partial charge in [-0.05, 0) is 30.0 Å². The van der Waals surface area contributed by atoms with Crippen molar-refractivity contribution >= 4 is 0 Å². The summed E-state index contributed by atoms with van der Waals surface area (Å²) in [4.78, 5) is 0. The zero-order valence-corrected chi connectivity index (χ0v) is 13.3. The van der Waals surface area contributed by atoms with Crippen LogP contribution >= 0.6 is 0 Å². The van der Waals surface area contributed by atoms with Gasteiger partial charge in [-0.1, -0.05) is 39.8 Å². The SMILES string of the molecule is CC(C)CCOc1ccc(CNCC(C)(C)CO)cc1. The first-order valence-electron chi connectivity index (χ1n) is 7.46. The van der Waals surface area contributed by atoms with Crippen molar-refractivity contribution < 1.29 is 9.84 Å². The highest BCUT2D eigenvalue weighted by molar-refractivity contribution is 5.27. The number of rotatable bonds is 9. The van der Waals surface area contributed by atoms with Crippen molar-refractivity contribution in [2.75, 3.05) is 19.8 Å². The molecule has 0 radical (unpaired) electrons. The Morgan fingerprint density at radius 2 is 1.85 bits per heavy atom. The lowest BCUT2D eigenvalue weighted by Gasteiger charge is -2.22. The molecule has 0 aliphatic carbocycles. The van der Waals surface area contributed by atoms with Gasteiger partial charge in [0, 0.05) is 25.1 Å². The average molecular weight is 279 g/mol. The van der Waals surface area contributed by atoms with Gasteiger partial charge in [0.15, 0.2) is 0 Å². The maximum absolute atomic E-state index is 9.19. The molecule has 0 unspecified atom stereocenters. The van der Waals surface area contributed by atoms with Crippen LogP contribution in [0.4, 0.5) is 0 Å². The zero-order chi connectivity index (χ0) is 15.0. The lowest BCUT2D eigenvalue weighted by molar-refractivity contribution is 0.156. The monoisotopic (exact) mass is 279 g/mol. The highest BCUT2D eigenvalue weighted by Gasteiger charge is 2.15. The lowest BCUT2D eigenvalue weighted by atomic mass is 9.95. The third-order valence-electron chi connectivity index (χ3n) is 3.25. The van der Waals surface area contributed by atoms with Gasteiger partial charge in [0.2, 0.25) is 0 Å². The summed E-state index contributed by atoms with van der Waals surface area (Å²) in [6.07, 6.45) is 1.08. The van der Waals surface area contributed by atoms with E-state index in [9.17, 15) is 5.11 Å². The van der Waals surface area contributed by atoms with E-state index in [1.54, 1.807) is 0 Å². The quantitative estimate of drug-likeness (QED) is 0.729. The molecule has 20 heavy (non-hydrogen) atoms. The standard InChI is InChI=1S/C17H29NO2/c1-14(2)9-10-20-16-7-5-15(6-8-16)11-18-12-17(3,4)13-19/h5-8,14,18-19H,9-13H2,1-4H3. The van der Waals surface area contributed by atoms with Crippen LogP contribution in [-0.2, 0) is 6.54 Å². The van der Waals surface area contributed by atoms with E-state index < -0.39 is 0 Å². The first-order chi connectivity index (χ1) is 9.43. The van der Waals surface area contributed by atoms with E-state index in [1.807, 2.05) is 26.0 Å². The van der Waals surface area contributed by atoms with Gasteiger partial charge in [0.05, 0.1) is 6.61 Å². The number of ether oxygens (including phenoxy) is 1. The van der Waals surface area contributed by atoms with Gasteiger partial charge in [0.1, 0.15) is 5.75 Å². The summed E-state index contributed by atoms with van der Waals surface area (Å²) in [5, 5.41) is 12.6. The summed E-state index contributed by atoms with van der Waals surface area (Å²) in [6, 6.07) is 8.22. The molecule has 1 aromatic carbocycles. The number of benzene rings is 1. The summed E-state index contributed by atoms with van der Waals surface area (Å²) >= 11 is 0. The van der Waals surface area contributed by atoms with Crippen LogP contribution in [-0.4, -0.2) is 24.9 Å². The second-order valence-electron chi connectivity index (χ2n) is 6.60. The van der Waals surface area contributed by atoms with Crippen molar-refractivity contribution in [3.05, 3.63) is 29.8 Å². The molecular formula is C17H29NO2. The largest absolute Gasteiger partial charge is 0.494 e. The van der Waals surface area contributed by atoms with Crippen LogP contribution in [0.2, 0.25) is 0 Å². The highest BCUT2D eigenvalue weighted by Crippen LogP contribution is 2.14. The Bertz CT molecular complexity index is 371. The number of hydrogen-bond acceptors (Lipinski definition) is 3. The number of hydrogen-bond donors (Lipinski definition) is 2. The normalized spacial score (nSPS) is 11.9. The van der Waals surface area contributed by atoms with Crippen molar-refractivity contribution in [3.8, 4) is 5.75 Å². The smallest absolute Gasteiger partial charge is 0.119 e. The van der Waals surface area contributed by atoms with E-state index in [4.69, 9.17) is 4.74 Å². The topological polar surface area (TPSA) is 41.5 Å². The fourth-order valence-corrected chi connectivity index (χ4v) is 1.72. The molecular weight excluding hydrogens is 250 g/mol. The minimum Gasteiger partial charge on any atom is -0.494 e. The summed E-state index contributed by atoms with van der Waals surface area (Å²) in [5.41, 5.74) is 1.16. The van der Waals surface area contributed by atoms with E-state index >= 15 is 0 Å². The van der Waals surface area contributed by atoms with Crippen LogP contribution in [0, 0.1) is 11.3 Å². The third-order valence-corrected chi connectivity index (χ3v) is 3.25. The number of aliphatic hydroxyl groups is 1. The molecule has 0 aromatic heterocycles. The zero-order valence-electron chi connectivity index (χ0n) is 13.3. The molecule has 0 aliphatic rings. The summed E-state index contributed by atoms with van der Waals surface area (Å²) in [7, 11) is 0. The molecule has 0 atom stereocenters. The van der Waals surface area contributed by atoms with Crippen molar-refractivity contribution in [2.45, 2.75) is 40.7 Å². The Hall–Kier alpha value is -1.06. The molecule has 2 N–H and O–H groups in total. The molecule has 114 valence electrons. The minimum atomic E-state index is -0.0695. The van der Waals surface area contributed by atoms with Crippen LogP contribution in [0.5, 0.6) is 5.75 Å².